The number of aliphatic hydroxyl groups excluding tert-OH is 1. The lowest BCUT2D eigenvalue weighted by Gasteiger charge is -2.46. The lowest BCUT2D eigenvalue weighted by atomic mass is 9.64. The molecule has 6 unspecified atom stereocenters. The number of imide groups is 1. The van der Waals surface area contributed by atoms with Crippen molar-refractivity contribution in [3.8, 4) is 34.8 Å². The summed E-state index contributed by atoms with van der Waals surface area (Å²) in [6, 6.07) is 43.2. The van der Waals surface area contributed by atoms with Crippen molar-refractivity contribution in [3.05, 3.63) is 224 Å². The van der Waals surface area contributed by atoms with Crippen LogP contribution in [0.1, 0.15) is 68.3 Å². The van der Waals surface area contributed by atoms with E-state index in [4.69, 9.17) is 28.4 Å². The Morgan fingerprint density at radius 1 is 0.738 bits per heavy atom. The summed E-state index contributed by atoms with van der Waals surface area (Å²) in [5.74, 6) is 4.44. The molecule has 1 N–H and O–H groups in total. The molecule has 2 saturated heterocycles. The van der Waals surface area contributed by atoms with Crippen LogP contribution in [0.3, 0.4) is 0 Å². The Balaban J connectivity index is 1.18. The quantitative estimate of drug-likeness (QED) is 0.0497. The number of para-hydroxylation sites is 1. The van der Waals surface area contributed by atoms with Gasteiger partial charge in [0.05, 0.1) is 56.5 Å². The van der Waals surface area contributed by atoms with Gasteiger partial charge >= 0.3 is 12.1 Å². The predicted octanol–water partition coefficient (Wildman–Crippen LogP) is 8.98. The van der Waals surface area contributed by atoms with Crippen LogP contribution >= 0.6 is 0 Å². The van der Waals surface area contributed by atoms with E-state index in [9.17, 15) is 15.2 Å². The van der Waals surface area contributed by atoms with Crippen molar-refractivity contribution in [2.75, 3.05) is 46.0 Å². The number of non-ortho nitro benzene ring substituents is 1. The Labute approximate surface area is 460 Å². The van der Waals surface area contributed by atoms with E-state index in [2.05, 4.69) is 11.8 Å². The number of esters is 1. The van der Waals surface area contributed by atoms with E-state index in [0.29, 0.717) is 57.1 Å². The second-order valence-electron chi connectivity index (χ2n) is 19.7. The van der Waals surface area contributed by atoms with Crippen molar-refractivity contribution in [3.63, 3.8) is 0 Å². The number of methoxy groups -OCH3 is 3. The third kappa shape index (κ3) is 9.27. The fourth-order valence-electron chi connectivity index (χ4n) is 11.9. The largest absolute Gasteiger partial charge is 0.497 e. The summed E-state index contributed by atoms with van der Waals surface area (Å²) in [6.45, 7) is -0.701. The van der Waals surface area contributed by atoms with E-state index in [1.807, 2.05) is 77.7 Å². The number of anilines is 1. The highest BCUT2D eigenvalue weighted by molar-refractivity contribution is 6.23. The van der Waals surface area contributed by atoms with E-state index in [-0.39, 0.29) is 49.0 Å². The molecule has 6 atom stereocenters. The number of nitro groups is 1. The van der Waals surface area contributed by atoms with E-state index < -0.39 is 71.0 Å². The molecule has 80 heavy (non-hydrogen) atoms. The molecule has 7 aromatic rings. The highest BCUT2D eigenvalue weighted by atomic mass is 16.6. The third-order valence-electron chi connectivity index (χ3n) is 15.5. The molecule has 3 amide bonds. The predicted molar refractivity (Wildman–Crippen MR) is 292 cm³/mol. The van der Waals surface area contributed by atoms with Gasteiger partial charge in [-0.25, -0.2) is 9.69 Å². The van der Waals surface area contributed by atoms with Crippen LogP contribution in [0.25, 0.3) is 0 Å². The number of ether oxygens (including phenoxy) is 6. The zero-order chi connectivity index (χ0) is 55.7. The zero-order valence-corrected chi connectivity index (χ0v) is 43.9. The van der Waals surface area contributed by atoms with Gasteiger partial charge in [-0.05, 0) is 113 Å². The molecule has 1 spiro atoms. The number of nitrogens with zero attached hydrogens (tertiary/aromatic N) is 4. The summed E-state index contributed by atoms with van der Waals surface area (Å²) >= 11 is 0. The highest BCUT2D eigenvalue weighted by Gasteiger charge is 2.76. The molecule has 7 aromatic carbocycles. The second-order valence-corrected chi connectivity index (χ2v) is 19.7. The summed E-state index contributed by atoms with van der Waals surface area (Å²) < 4.78 is 35.9. The average molecular weight is 1080 g/mol. The lowest BCUT2D eigenvalue weighted by molar-refractivity contribution is -0.384. The number of fused-ring (bicyclic) bond motifs is 4. The molecule has 2 fully saturated rings. The standard InChI is InChI=1S/C63H54N4O13/c1-75-47-27-22-39(23-28-47)18-19-40-24-29-50-49(34-40)63(61(71)65(50)62(72)79-38-41-20-25-46(26-21-41)67(73)74)54(59(69)64-31-30-44-35-52(76-2)53(77-3)36-45(44)37-64)56-60(70)80-57(43-14-8-5-9-15-43)55(42-12-6-4-7-13-42)66(56)58(63)48-16-10-11-17-51(48)78-33-32-68/h4-17,20-29,34-36,54-58,68H,30-33,37-38H2,1-3H3. The van der Waals surface area contributed by atoms with Crippen LogP contribution in [-0.2, 0) is 48.8 Å². The Kier molecular flexibility index (Phi) is 14.5. The van der Waals surface area contributed by atoms with Gasteiger partial charge in [0.1, 0.15) is 42.3 Å². The van der Waals surface area contributed by atoms with E-state index in [1.54, 1.807) is 85.8 Å². The van der Waals surface area contributed by atoms with Crippen molar-refractivity contribution in [2.24, 2.45) is 5.92 Å². The molecule has 0 aliphatic carbocycles. The minimum Gasteiger partial charge on any atom is -0.497 e. The smallest absolute Gasteiger partial charge is 0.421 e. The fraction of sp³-hybridized carbons (Fsp3) is 0.238. The molecule has 4 heterocycles. The van der Waals surface area contributed by atoms with Gasteiger partial charge in [0.25, 0.3) is 5.69 Å². The number of hydrogen-bond acceptors (Lipinski definition) is 14. The maximum absolute atomic E-state index is 17.1. The molecule has 0 saturated carbocycles. The maximum atomic E-state index is 17.1. The maximum Gasteiger partial charge on any atom is 0.421 e. The molecule has 0 aromatic heterocycles. The van der Waals surface area contributed by atoms with Gasteiger partial charge in [0.15, 0.2) is 11.5 Å². The first-order chi connectivity index (χ1) is 39.0. The minimum absolute atomic E-state index is 0.0495. The van der Waals surface area contributed by atoms with Crippen LogP contribution in [0.5, 0.6) is 23.0 Å². The first-order valence-corrected chi connectivity index (χ1v) is 26.0. The third-order valence-corrected chi connectivity index (χ3v) is 15.5. The van der Waals surface area contributed by atoms with Crippen LogP contribution in [0.15, 0.2) is 164 Å². The molecule has 0 radical (unpaired) electrons. The lowest BCUT2D eigenvalue weighted by Crippen LogP contribution is -2.57. The van der Waals surface area contributed by atoms with Crippen LogP contribution in [0, 0.1) is 27.9 Å². The summed E-state index contributed by atoms with van der Waals surface area (Å²) in [5, 5.41) is 21.8. The Morgan fingerprint density at radius 2 is 1.39 bits per heavy atom. The van der Waals surface area contributed by atoms with Crippen molar-refractivity contribution >= 4 is 35.3 Å². The molecule has 11 rings (SSSR count). The SMILES string of the molecule is COc1ccc(C#Cc2ccc3c(c2)C2(C(=O)N3C(=O)OCc3ccc([N+](=O)[O-])cc3)C(C(=O)N3CCc4cc(OC)c(OC)cc4C3)C3C(=O)OC(c4ccccc4)C(c4ccccc4)N3C2c2ccccc2OCCO)cc1. The van der Waals surface area contributed by atoms with E-state index in [1.165, 1.54) is 31.4 Å². The fourth-order valence-corrected chi connectivity index (χ4v) is 11.9. The number of carbonyl (C=O) groups excluding carboxylic acids is 4. The highest BCUT2D eigenvalue weighted by Crippen LogP contribution is 2.67. The molecule has 4 aliphatic heterocycles. The van der Waals surface area contributed by atoms with Gasteiger partial charge in [-0.2, -0.15) is 0 Å². The number of nitro benzene ring substituents is 1. The van der Waals surface area contributed by atoms with Crippen molar-refractivity contribution in [2.45, 2.75) is 49.2 Å². The number of rotatable bonds is 13. The van der Waals surface area contributed by atoms with Gasteiger partial charge in [-0.3, -0.25) is 29.4 Å². The first kappa shape index (κ1) is 52.5. The molecule has 0 bridgehead atoms. The van der Waals surface area contributed by atoms with Crippen molar-refractivity contribution in [1.82, 2.24) is 9.80 Å². The number of aliphatic hydroxyl groups is 1. The average Bonchev–Trinajstić information content (AvgIpc) is 2.98. The normalized spacial score (nSPS) is 20.8. The van der Waals surface area contributed by atoms with Crippen LogP contribution in [0.4, 0.5) is 16.2 Å². The van der Waals surface area contributed by atoms with Crippen molar-refractivity contribution < 1.29 is 57.6 Å². The van der Waals surface area contributed by atoms with Gasteiger partial charge < -0.3 is 38.4 Å². The molecular formula is C63H54N4O13. The van der Waals surface area contributed by atoms with Crippen LogP contribution in [0.2, 0.25) is 0 Å². The monoisotopic (exact) mass is 1070 g/mol. The summed E-state index contributed by atoms with van der Waals surface area (Å²) in [5.41, 5.74) is 2.72. The molecular weight excluding hydrogens is 1020 g/mol. The first-order valence-electron chi connectivity index (χ1n) is 26.0. The Hall–Kier alpha value is -9.50. The number of cyclic esters (lactones) is 1. The molecule has 404 valence electrons. The van der Waals surface area contributed by atoms with Crippen molar-refractivity contribution in [1.29, 1.82) is 0 Å². The van der Waals surface area contributed by atoms with Crippen LogP contribution in [-0.4, -0.2) is 90.8 Å². The second kappa shape index (κ2) is 22.1. The van der Waals surface area contributed by atoms with Gasteiger partial charge in [-0.1, -0.05) is 90.7 Å². The number of morpholine rings is 1. The Morgan fingerprint density at radius 3 is 2.06 bits per heavy atom. The minimum atomic E-state index is -2.21. The topological polar surface area (TPSA) is 197 Å². The summed E-state index contributed by atoms with van der Waals surface area (Å²) in [7, 11) is 4.64. The van der Waals surface area contributed by atoms with E-state index in [0.717, 1.165) is 16.0 Å². The van der Waals surface area contributed by atoms with Gasteiger partial charge in [-0.15, -0.1) is 0 Å². The molecule has 4 aliphatic rings. The Bertz CT molecular complexity index is 3590. The molecule has 17 heteroatoms. The zero-order valence-electron chi connectivity index (χ0n) is 43.9. The number of amides is 3. The number of hydrogen-bond donors (Lipinski definition) is 1. The molecule has 17 nitrogen and oxygen atoms in total. The number of carbonyl (C=O) groups is 4. The summed E-state index contributed by atoms with van der Waals surface area (Å²) in [6.07, 6.45) is -1.74. The van der Waals surface area contributed by atoms with Gasteiger partial charge in [0.2, 0.25) is 11.8 Å². The number of benzene rings is 7. The summed E-state index contributed by atoms with van der Waals surface area (Å²) in [4.78, 5) is 80.3. The van der Waals surface area contributed by atoms with Crippen LogP contribution < -0.4 is 23.8 Å². The van der Waals surface area contributed by atoms with Gasteiger partial charge in [0, 0.05) is 41.9 Å². The van der Waals surface area contributed by atoms with E-state index >= 15 is 19.2 Å².